The summed E-state index contributed by atoms with van der Waals surface area (Å²) in [6, 6.07) is 12.4. The molecule has 2 aromatic rings. The van der Waals surface area contributed by atoms with Gasteiger partial charge >= 0.3 is 5.97 Å². The van der Waals surface area contributed by atoms with Gasteiger partial charge in [0.05, 0.1) is 9.50 Å². The van der Waals surface area contributed by atoms with Gasteiger partial charge in [0.2, 0.25) is 0 Å². The van der Waals surface area contributed by atoms with Crippen LogP contribution < -0.4 is 9.47 Å². The molecule has 2 aromatic carbocycles. The molecule has 2 rings (SSSR count). The molecule has 20 heavy (non-hydrogen) atoms. The number of ether oxygens (including phenoxy) is 2. The highest BCUT2D eigenvalue weighted by molar-refractivity contribution is 9.10. The summed E-state index contributed by atoms with van der Waals surface area (Å²) in [7, 11) is 0. The summed E-state index contributed by atoms with van der Waals surface area (Å²) >= 11 is 9.27. The second-order valence-corrected chi connectivity index (χ2v) is 5.39. The predicted octanol–water partition coefficient (Wildman–Crippen LogP) is 4.40. The number of rotatable bonds is 4. The van der Waals surface area contributed by atoms with Crippen molar-refractivity contribution >= 4 is 33.5 Å². The van der Waals surface area contributed by atoms with Crippen LogP contribution in [0.25, 0.3) is 0 Å². The van der Waals surface area contributed by atoms with Crippen LogP contribution in [0.5, 0.6) is 11.5 Å². The van der Waals surface area contributed by atoms with Gasteiger partial charge in [-0.05, 0) is 52.7 Å². The van der Waals surface area contributed by atoms with Gasteiger partial charge < -0.3 is 9.47 Å². The predicted molar refractivity (Wildman–Crippen MR) is 81.5 cm³/mol. The van der Waals surface area contributed by atoms with E-state index in [1.807, 2.05) is 19.1 Å². The van der Waals surface area contributed by atoms with Gasteiger partial charge in [-0.3, -0.25) is 0 Å². The molecule has 0 amide bonds. The van der Waals surface area contributed by atoms with Crippen LogP contribution in [0.1, 0.15) is 5.56 Å². The third-order valence-electron chi connectivity index (χ3n) is 2.49. The Morgan fingerprint density at radius 3 is 2.65 bits per heavy atom. The van der Waals surface area contributed by atoms with Crippen LogP contribution in [0.4, 0.5) is 0 Å². The molecular formula is C15H12BrClO3. The van der Waals surface area contributed by atoms with E-state index in [4.69, 9.17) is 21.1 Å². The fourth-order valence-corrected chi connectivity index (χ4v) is 2.30. The van der Waals surface area contributed by atoms with Gasteiger partial charge in [0.25, 0.3) is 0 Å². The minimum atomic E-state index is -0.491. The van der Waals surface area contributed by atoms with E-state index < -0.39 is 5.97 Å². The highest BCUT2D eigenvalue weighted by Gasteiger charge is 2.10. The first-order valence-corrected chi connectivity index (χ1v) is 7.07. The van der Waals surface area contributed by atoms with Crippen molar-refractivity contribution in [1.29, 1.82) is 0 Å². The topological polar surface area (TPSA) is 35.5 Å². The van der Waals surface area contributed by atoms with Crippen molar-refractivity contribution in [2.75, 3.05) is 6.61 Å². The molecule has 0 saturated heterocycles. The Bertz CT molecular complexity index is 628. The van der Waals surface area contributed by atoms with Crippen LogP contribution in [0.15, 0.2) is 46.9 Å². The van der Waals surface area contributed by atoms with Gasteiger partial charge in [0.1, 0.15) is 11.5 Å². The third kappa shape index (κ3) is 3.99. The van der Waals surface area contributed by atoms with Gasteiger partial charge in [-0.15, -0.1) is 0 Å². The number of para-hydroxylation sites is 1. The lowest BCUT2D eigenvalue weighted by atomic mass is 10.2. The Labute approximate surface area is 130 Å². The maximum Gasteiger partial charge on any atom is 0.349 e. The molecule has 0 heterocycles. The fourth-order valence-electron chi connectivity index (χ4n) is 1.54. The lowest BCUT2D eigenvalue weighted by Gasteiger charge is -2.09. The molecule has 0 aliphatic heterocycles. The molecule has 104 valence electrons. The summed E-state index contributed by atoms with van der Waals surface area (Å²) in [4.78, 5) is 11.7. The number of hydrogen-bond donors (Lipinski definition) is 0. The second-order valence-electron chi connectivity index (χ2n) is 4.13. The van der Waals surface area contributed by atoms with Crippen LogP contribution in [-0.4, -0.2) is 12.6 Å². The van der Waals surface area contributed by atoms with E-state index in [0.29, 0.717) is 16.5 Å². The molecule has 0 saturated carbocycles. The molecule has 5 heteroatoms. The molecule has 0 aromatic heterocycles. The minimum absolute atomic E-state index is 0.204. The molecule has 0 atom stereocenters. The lowest BCUT2D eigenvalue weighted by molar-refractivity contribution is -0.136. The molecule has 0 bridgehead atoms. The first kappa shape index (κ1) is 14.9. The molecule has 0 unspecified atom stereocenters. The van der Waals surface area contributed by atoms with E-state index in [-0.39, 0.29) is 6.61 Å². The van der Waals surface area contributed by atoms with Crippen LogP contribution in [0, 0.1) is 6.92 Å². The standard InChI is InChI=1S/C15H12BrClO3/c1-10-6-7-13(11(16)8-10)20-15(18)9-19-14-5-3-2-4-12(14)17/h2-8H,9H2,1H3. The SMILES string of the molecule is Cc1ccc(OC(=O)COc2ccccc2Cl)c(Br)c1. The first-order valence-electron chi connectivity index (χ1n) is 5.90. The van der Waals surface area contributed by atoms with Crippen LogP contribution >= 0.6 is 27.5 Å². The van der Waals surface area contributed by atoms with Gasteiger partial charge in [-0.25, -0.2) is 4.79 Å². The molecule has 0 N–H and O–H groups in total. The van der Waals surface area contributed by atoms with Crippen LogP contribution in [0.3, 0.4) is 0 Å². The Morgan fingerprint density at radius 1 is 1.20 bits per heavy atom. The summed E-state index contributed by atoms with van der Waals surface area (Å²) in [5, 5.41) is 0.455. The van der Waals surface area contributed by atoms with Crippen molar-refractivity contribution in [2.45, 2.75) is 6.92 Å². The molecule has 0 aliphatic rings. The molecule has 0 radical (unpaired) electrons. The first-order chi connectivity index (χ1) is 9.56. The molecule has 0 spiro atoms. The lowest BCUT2D eigenvalue weighted by Crippen LogP contribution is -2.18. The van der Waals surface area contributed by atoms with Crippen molar-refractivity contribution in [3.8, 4) is 11.5 Å². The van der Waals surface area contributed by atoms with Crippen molar-refractivity contribution in [1.82, 2.24) is 0 Å². The Hall–Kier alpha value is -1.52. The third-order valence-corrected chi connectivity index (χ3v) is 3.43. The van der Waals surface area contributed by atoms with Crippen molar-refractivity contribution in [3.63, 3.8) is 0 Å². The Kier molecular flexibility index (Phi) is 5.04. The largest absolute Gasteiger partial charge is 0.480 e. The summed E-state index contributed by atoms with van der Waals surface area (Å²) in [6.07, 6.45) is 0. The molecular weight excluding hydrogens is 344 g/mol. The van der Waals surface area contributed by atoms with Gasteiger partial charge in [-0.2, -0.15) is 0 Å². The maximum absolute atomic E-state index is 11.7. The summed E-state index contributed by atoms with van der Waals surface area (Å²) < 4.78 is 11.2. The minimum Gasteiger partial charge on any atom is -0.480 e. The quantitative estimate of drug-likeness (QED) is 0.602. The number of hydrogen-bond acceptors (Lipinski definition) is 3. The van der Waals surface area contributed by atoms with Crippen LogP contribution in [-0.2, 0) is 4.79 Å². The van der Waals surface area contributed by atoms with E-state index in [0.717, 1.165) is 10.0 Å². The van der Waals surface area contributed by atoms with E-state index in [9.17, 15) is 4.79 Å². The number of carbonyl (C=O) groups is 1. The summed E-state index contributed by atoms with van der Waals surface area (Å²) in [5.41, 5.74) is 1.07. The number of benzene rings is 2. The van der Waals surface area contributed by atoms with Crippen molar-refractivity contribution in [3.05, 3.63) is 57.5 Å². The number of carbonyl (C=O) groups excluding carboxylic acids is 1. The zero-order chi connectivity index (χ0) is 14.5. The molecule has 0 aliphatic carbocycles. The smallest absolute Gasteiger partial charge is 0.349 e. The van der Waals surface area contributed by atoms with Gasteiger partial charge in [-0.1, -0.05) is 29.8 Å². The van der Waals surface area contributed by atoms with Crippen molar-refractivity contribution in [2.24, 2.45) is 0 Å². The molecule has 3 nitrogen and oxygen atoms in total. The number of aryl methyl sites for hydroxylation is 1. The normalized spacial score (nSPS) is 10.2. The fraction of sp³-hybridized carbons (Fsp3) is 0.133. The molecule has 0 fully saturated rings. The number of halogens is 2. The summed E-state index contributed by atoms with van der Waals surface area (Å²) in [5.74, 6) is 0.423. The average Bonchev–Trinajstić information content (AvgIpc) is 2.41. The monoisotopic (exact) mass is 354 g/mol. The highest BCUT2D eigenvalue weighted by Crippen LogP contribution is 2.26. The zero-order valence-electron chi connectivity index (χ0n) is 10.7. The van der Waals surface area contributed by atoms with E-state index in [1.165, 1.54) is 0 Å². The van der Waals surface area contributed by atoms with E-state index in [1.54, 1.807) is 30.3 Å². The second kappa shape index (κ2) is 6.77. The van der Waals surface area contributed by atoms with Crippen LogP contribution in [0.2, 0.25) is 5.02 Å². The Balaban J connectivity index is 1.94. The highest BCUT2D eigenvalue weighted by atomic mass is 79.9. The Morgan fingerprint density at radius 2 is 1.95 bits per heavy atom. The number of esters is 1. The maximum atomic E-state index is 11.7. The zero-order valence-corrected chi connectivity index (χ0v) is 13.1. The average molecular weight is 356 g/mol. The summed E-state index contributed by atoms with van der Waals surface area (Å²) in [6.45, 7) is 1.75. The van der Waals surface area contributed by atoms with Gasteiger partial charge in [0, 0.05) is 0 Å². The van der Waals surface area contributed by atoms with E-state index in [2.05, 4.69) is 15.9 Å². The van der Waals surface area contributed by atoms with Crippen molar-refractivity contribution < 1.29 is 14.3 Å². The van der Waals surface area contributed by atoms with E-state index >= 15 is 0 Å². The van der Waals surface area contributed by atoms with Gasteiger partial charge in [0.15, 0.2) is 6.61 Å².